The van der Waals surface area contributed by atoms with E-state index in [9.17, 15) is 9.18 Å². The molecule has 0 saturated carbocycles. The number of halogens is 1. The van der Waals surface area contributed by atoms with Crippen molar-refractivity contribution in [2.24, 2.45) is 0 Å². The molecule has 3 rings (SSSR count). The standard InChI is InChI=1S/C17H18FN3O3/c1-23-15-16(20-9-8-19-15)24-12-5-4-10-21(11-12)17(22)13-6-2-3-7-14(13)18/h2-3,6-9,12H,4-5,10-11H2,1H3. The van der Waals surface area contributed by atoms with Crippen LogP contribution in [0.4, 0.5) is 4.39 Å². The molecule has 2 heterocycles. The van der Waals surface area contributed by atoms with Crippen molar-refractivity contribution >= 4 is 5.91 Å². The van der Waals surface area contributed by atoms with E-state index in [0.717, 1.165) is 12.8 Å². The maximum absolute atomic E-state index is 13.8. The largest absolute Gasteiger partial charge is 0.477 e. The van der Waals surface area contributed by atoms with Crippen molar-refractivity contribution in [2.45, 2.75) is 18.9 Å². The number of methoxy groups -OCH3 is 1. The third-order valence-electron chi connectivity index (χ3n) is 3.87. The van der Waals surface area contributed by atoms with Crippen molar-refractivity contribution < 1.29 is 18.7 Å². The van der Waals surface area contributed by atoms with Gasteiger partial charge in [-0.3, -0.25) is 4.79 Å². The van der Waals surface area contributed by atoms with Gasteiger partial charge in [-0.25, -0.2) is 14.4 Å². The minimum atomic E-state index is -0.513. The van der Waals surface area contributed by atoms with Crippen LogP contribution in [0.25, 0.3) is 0 Å². The zero-order chi connectivity index (χ0) is 16.9. The Morgan fingerprint density at radius 3 is 2.75 bits per heavy atom. The molecule has 0 bridgehead atoms. The van der Waals surface area contributed by atoms with E-state index in [1.54, 1.807) is 17.0 Å². The first-order valence-corrected chi connectivity index (χ1v) is 7.74. The number of amides is 1. The number of aromatic nitrogens is 2. The van der Waals surface area contributed by atoms with Crippen LogP contribution in [0.15, 0.2) is 36.7 Å². The van der Waals surface area contributed by atoms with Gasteiger partial charge in [0.05, 0.1) is 19.2 Å². The highest BCUT2D eigenvalue weighted by molar-refractivity contribution is 5.94. The van der Waals surface area contributed by atoms with Crippen LogP contribution >= 0.6 is 0 Å². The first-order chi connectivity index (χ1) is 11.7. The molecule has 7 heteroatoms. The summed E-state index contributed by atoms with van der Waals surface area (Å²) in [5.41, 5.74) is 0.0789. The van der Waals surface area contributed by atoms with Gasteiger partial charge >= 0.3 is 0 Å². The first kappa shape index (κ1) is 16.2. The fourth-order valence-electron chi connectivity index (χ4n) is 2.72. The fraction of sp³-hybridized carbons (Fsp3) is 0.353. The third-order valence-corrected chi connectivity index (χ3v) is 3.87. The molecule has 1 amide bonds. The lowest BCUT2D eigenvalue weighted by molar-refractivity contribution is 0.0515. The number of carbonyl (C=O) groups excluding carboxylic acids is 1. The molecule has 1 saturated heterocycles. The lowest BCUT2D eigenvalue weighted by atomic mass is 10.1. The van der Waals surface area contributed by atoms with Crippen LogP contribution in [-0.2, 0) is 0 Å². The van der Waals surface area contributed by atoms with Crippen LogP contribution in [0.5, 0.6) is 11.8 Å². The topological polar surface area (TPSA) is 64.6 Å². The van der Waals surface area contributed by atoms with E-state index < -0.39 is 5.82 Å². The summed E-state index contributed by atoms with van der Waals surface area (Å²) in [5, 5.41) is 0. The highest BCUT2D eigenvalue weighted by atomic mass is 19.1. The van der Waals surface area contributed by atoms with Gasteiger partial charge in [-0.05, 0) is 25.0 Å². The highest BCUT2D eigenvalue weighted by Crippen LogP contribution is 2.24. The minimum absolute atomic E-state index is 0.0789. The molecule has 1 fully saturated rings. The minimum Gasteiger partial charge on any atom is -0.477 e. The van der Waals surface area contributed by atoms with Gasteiger partial charge in [-0.15, -0.1) is 0 Å². The zero-order valence-electron chi connectivity index (χ0n) is 13.3. The highest BCUT2D eigenvalue weighted by Gasteiger charge is 2.28. The lowest BCUT2D eigenvalue weighted by Gasteiger charge is -2.32. The molecule has 24 heavy (non-hydrogen) atoms. The van der Waals surface area contributed by atoms with E-state index >= 15 is 0 Å². The Hall–Kier alpha value is -2.70. The Balaban J connectivity index is 1.70. The second-order valence-corrected chi connectivity index (χ2v) is 5.48. The van der Waals surface area contributed by atoms with Crippen molar-refractivity contribution in [3.63, 3.8) is 0 Å². The van der Waals surface area contributed by atoms with Gasteiger partial charge in [-0.2, -0.15) is 0 Å². The molecule has 0 radical (unpaired) electrons. The van der Waals surface area contributed by atoms with E-state index in [1.165, 1.54) is 31.6 Å². The number of ether oxygens (including phenoxy) is 2. The predicted octanol–water partition coefficient (Wildman–Crippen LogP) is 2.31. The van der Waals surface area contributed by atoms with Crippen LogP contribution in [0.1, 0.15) is 23.2 Å². The summed E-state index contributed by atoms with van der Waals surface area (Å²) < 4.78 is 24.8. The lowest BCUT2D eigenvalue weighted by Crippen LogP contribution is -2.44. The SMILES string of the molecule is COc1nccnc1OC1CCCN(C(=O)c2ccccc2F)C1. The Kier molecular flexibility index (Phi) is 4.88. The van der Waals surface area contributed by atoms with Crippen molar-refractivity contribution in [3.05, 3.63) is 48.0 Å². The average Bonchev–Trinajstić information content (AvgIpc) is 2.62. The summed E-state index contributed by atoms with van der Waals surface area (Å²) in [6.45, 7) is 0.942. The number of hydrogen-bond acceptors (Lipinski definition) is 5. The summed E-state index contributed by atoms with van der Waals surface area (Å²) in [5.74, 6) is -0.242. The Morgan fingerprint density at radius 2 is 2.00 bits per heavy atom. The molecular formula is C17H18FN3O3. The third kappa shape index (κ3) is 3.45. The number of hydrogen-bond donors (Lipinski definition) is 0. The molecule has 0 aliphatic carbocycles. The monoisotopic (exact) mass is 331 g/mol. The second-order valence-electron chi connectivity index (χ2n) is 5.48. The number of benzene rings is 1. The van der Waals surface area contributed by atoms with Crippen LogP contribution in [0, 0.1) is 5.82 Å². The molecule has 0 spiro atoms. The normalized spacial score (nSPS) is 17.4. The Labute approximate surface area is 139 Å². The van der Waals surface area contributed by atoms with E-state index in [-0.39, 0.29) is 17.6 Å². The molecule has 0 N–H and O–H groups in total. The summed E-state index contributed by atoms with van der Waals surface area (Å²) in [4.78, 5) is 22.3. The predicted molar refractivity (Wildman–Crippen MR) is 84.5 cm³/mol. The molecule has 1 aliphatic rings. The van der Waals surface area contributed by atoms with Gasteiger partial charge in [0.2, 0.25) is 0 Å². The molecule has 126 valence electrons. The number of likely N-dealkylation sites (tertiary alicyclic amines) is 1. The van der Waals surface area contributed by atoms with E-state index in [2.05, 4.69) is 9.97 Å². The smallest absolute Gasteiger partial charge is 0.278 e. The second kappa shape index (κ2) is 7.25. The fourth-order valence-corrected chi connectivity index (χ4v) is 2.72. The maximum atomic E-state index is 13.8. The first-order valence-electron chi connectivity index (χ1n) is 7.74. The number of nitrogens with zero attached hydrogens (tertiary/aromatic N) is 3. The van der Waals surface area contributed by atoms with Gasteiger partial charge in [0, 0.05) is 18.9 Å². The van der Waals surface area contributed by atoms with Crippen LogP contribution in [0.2, 0.25) is 0 Å². The summed E-state index contributed by atoms with van der Waals surface area (Å²) in [6, 6.07) is 6.00. The van der Waals surface area contributed by atoms with Gasteiger partial charge in [0.15, 0.2) is 0 Å². The van der Waals surface area contributed by atoms with E-state index in [1.807, 2.05) is 0 Å². The molecule has 1 aromatic heterocycles. The van der Waals surface area contributed by atoms with Crippen LogP contribution in [-0.4, -0.2) is 47.1 Å². The van der Waals surface area contributed by atoms with Gasteiger partial charge in [0.1, 0.15) is 11.9 Å². The molecule has 1 aliphatic heterocycles. The average molecular weight is 331 g/mol. The van der Waals surface area contributed by atoms with Crippen LogP contribution < -0.4 is 9.47 Å². The van der Waals surface area contributed by atoms with Crippen molar-refractivity contribution in [1.29, 1.82) is 0 Å². The van der Waals surface area contributed by atoms with Crippen LogP contribution in [0.3, 0.4) is 0 Å². The molecule has 6 nitrogen and oxygen atoms in total. The summed E-state index contributed by atoms with van der Waals surface area (Å²) >= 11 is 0. The summed E-state index contributed by atoms with van der Waals surface area (Å²) in [7, 11) is 1.49. The molecular weight excluding hydrogens is 313 g/mol. The maximum Gasteiger partial charge on any atom is 0.278 e. The number of rotatable bonds is 4. The van der Waals surface area contributed by atoms with E-state index in [0.29, 0.717) is 24.8 Å². The Morgan fingerprint density at radius 1 is 1.25 bits per heavy atom. The summed E-state index contributed by atoms with van der Waals surface area (Å²) in [6.07, 6.45) is 4.35. The molecule has 1 unspecified atom stereocenters. The number of carbonyl (C=O) groups is 1. The quantitative estimate of drug-likeness (QED) is 0.860. The van der Waals surface area contributed by atoms with Gasteiger partial charge in [-0.1, -0.05) is 12.1 Å². The molecule has 1 atom stereocenters. The zero-order valence-corrected chi connectivity index (χ0v) is 13.3. The van der Waals surface area contributed by atoms with E-state index in [4.69, 9.17) is 9.47 Å². The Bertz CT molecular complexity index is 726. The van der Waals surface area contributed by atoms with Crippen molar-refractivity contribution in [3.8, 4) is 11.8 Å². The number of piperidine rings is 1. The van der Waals surface area contributed by atoms with Gasteiger partial charge in [0.25, 0.3) is 17.7 Å². The van der Waals surface area contributed by atoms with Gasteiger partial charge < -0.3 is 14.4 Å². The molecule has 1 aromatic carbocycles. The molecule has 2 aromatic rings. The van der Waals surface area contributed by atoms with Crippen molar-refractivity contribution in [2.75, 3.05) is 20.2 Å². The van der Waals surface area contributed by atoms with Crippen molar-refractivity contribution in [1.82, 2.24) is 14.9 Å².